The number of rotatable bonds is 11. The summed E-state index contributed by atoms with van der Waals surface area (Å²) in [6.45, 7) is 0.587. The third-order valence-corrected chi connectivity index (χ3v) is 5.34. The van der Waals surface area contributed by atoms with Gasteiger partial charge in [0.15, 0.2) is 0 Å². The van der Waals surface area contributed by atoms with Gasteiger partial charge in [0.1, 0.15) is 11.8 Å². The highest BCUT2D eigenvalue weighted by Gasteiger charge is 2.31. The molecule has 0 saturated carbocycles. The second-order valence-corrected chi connectivity index (χ2v) is 7.71. The molecule has 2 amide bonds. The van der Waals surface area contributed by atoms with Crippen LogP contribution in [0.5, 0.6) is 5.75 Å². The first-order valence-electron chi connectivity index (χ1n) is 11.0. The number of ether oxygens (including phenoxy) is 1. The Morgan fingerprint density at radius 1 is 0.909 bits per heavy atom. The first-order valence-corrected chi connectivity index (χ1v) is 11.0. The van der Waals surface area contributed by atoms with E-state index in [4.69, 9.17) is 9.84 Å². The Hall–Kier alpha value is -3.64. The number of nitrogens with one attached hydrogen (secondary N) is 1. The van der Waals surface area contributed by atoms with Gasteiger partial charge in [-0.15, -0.1) is 0 Å². The normalized spacial score (nSPS) is 11.5. The number of aliphatic hydroxyl groups excluding tert-OH is 1. The quantitative estimate of drug-likeness (QED) is 0.442. The van der Waals surface area contributed by atoms with Crippen molar-refractivity contribution in [1.29, 1.82) is 0 Å². The highest BCUT2D eigenvalue weighted by Crippen LogP contribution is 2.25. The summed E-state index contributed by atoms with van der Waals surface area (Å²) in [6, 6.07) is 25.5. The Bertz CT molecular complexity index is 1010. The Balaban J connectivity index is 1.95. The molecule has 1 atom stereocenters. The largest absolute Gasteiger partial charge is 0.497 e. The number of benzene rings is 3. The molecule has 33 heavy (non-hydrogen) atoms. The Labute approximate surface area is 194 Å². The summed E-state index contributed by atoms with van der Waals surface area (Å²) in [7, 11) is 1.60. The van der Waals surface area contributed by atoms with E-state index in [1.807, 2.05) is 84.9 Å². The van der Waals surface area contributed by atoms with Gasteiger partial charge in [0.05, 0.1) is 13.5 Å². The topological polar surface area (TPSA) is 78.9 Å². The van der Waals surface area contributed by atoms with E-state index in [0.717, 1.165) is 22.4 Å². The summed E-state index contributed by atoms with van der Waals surface area (Å²) in [5.74, 6) is 0.301. The number of carbonyl (C=O) groups is 2. The number of aliphatic hydroxyl groups is 1. The van der Waals surface area contributed by atoms with Gasteiger partial charge in [0, 0.05) is 19.7 Å². The number of hydrogen-bond donors (Lipinski definition) is 2. The minimum Gasteiger partial charge on any atom is -0.497 e. The zero-order valence-corrected chi connectivity index (χ0v) is 18.8. The van der Waals surface area contributed by atoms with E-state index >= 15 is 0 Å². The molecule has 0 saturated heterocycles. The van der Waals surface area contributed by atoms with Crippen molar-refractivity contribution in [3.05, 3.63) is 102 Å². The van der Waals surface area contributed by atoms with Crippen molar-refractivity contribution < 1.29 is 19.4 Å². The van der Waals surface area contributed by atoms with Gasteiger partial charge in [-0.25, -0.2) is 0 Å². The monoisotopic (exact) mass is 446 g/mol. The van der Waals surface area contributed by atoms with E-state index in [-0.39, 0.29) is 31.4 Å². The maximum Gasteiger partial charge on any atom is 0.247 e. The van der Waals surface area contributed by atoms with Gasteiger partial charge >= 0.3 is 0 Å². The van der Waals surface area contributed by atoms with Crippen LogP contribution in [0.2, 0.25) is 0 Å². The lowest BCUT2D eigenvalue weighted by Crippen LogP contribution is -2.44. The number of hydrogen-bond acceptors (Lipinski definition) is 4. The maximum absolute atomic E-state index is 13.6. The molecule has 2 N–H and O–H groups in total. The summed E-state index contributed by atoms with van der Waals surface area (Å²) in [5, 5.41) is 12.0. The molecule has 3 aromatic carbocycles. The van der Waals surface area contributed by atoms with Gasteiger partial charge in [0.2, 0.25) is 11.8 Å². The molecule has 3 rings (SSSR count). The highest BCUT2D eigenvalue weighted by atomic mass is 16.5. The van der Waals surface area contributed by atoms with Crippen molar-refractivity contribution in [2.24, 2.45) is 0 Å². The molecule has 0 bridgehead atoms. The minimum atomic E-state index is -0.803. The van der Waals surface area contributed by atoms with E-state index in [2.05, 4.69) is 5.32 Å². The fourth-order valence-electron chi connectivity index (χ4n) is 3.62. The van der Waals surface area contributed by atoms with Gasteiger partial charge in [-0.3, -0.25) is 9.59 Å². The second kappa shape index (κ2) is 12.4. The third kappa shape index (κ3) is 6.92. The summed E-state index contributed by atoms with van der Waals surface area (Å²) in [6.07, 6.45) is 0.633. The zero-order chi connectivity index (χ0) is 23.5. The van der Waals surface area contributed by atoms with Crippen LogP contribution in [0.25, 0.3) is 0 Å². The Morgan fingerprint density at radius 2 is 1.55 bits per heavy atom. The number of methoxy groups -OCH3 is 1. The molecular weight excluding hydrogens is 416 g/mol. The molecule has 172 valence electrons. The van der Waals surface area contributed by atoms with Crippen LogP contribution in [0.15, 0.2) is 84.9 Å². The highest BCUT2D eigenvalue weighted by molar-refractivity contribution is 5.89. The van der Waals surface area contributed by atoms with Crippen molar-refractivity contribution in [1.82, 2.24) is 10.2 Å². The molecule has 0 heterocycles. The SMILES string of the molecule is COc1ccc(CN(C(=O)Cc2ccccc2)[C@@H](C(=O)NCCCO)c2ccccc2)cc1. The maximum atomic E-state index is 13.6. The van der Waals surface area contributed by atoms with Crippen LogP contribution in [0.1, 0.15) is 29.2 Å². The van der Waals surface area contributed by atoms with Crippen LogP contribution in [-0.4, -0.2) is 42.1 Å². The van der Waals surface area contributed by atoms with Crippen molar-refractivity contribution in [3.8, 4) is 5.75 Å². The molecule has 6 heteroatoms. The summed E-state index contributed by atoms with van der Waals surface area (Å²) >= 11 is 0. The molecule has 6 nitrogen and oxygen atoms in total. The Kier molecular flexibility index (Phi) is 9.03. The molecule has 0 aliphatic carbocycles. The lowest BCUT2D eigenvalue weighted by molar-refractivity contribution is -0.141. The summed E-state index contributed by atoms with van der Waals surface area (Å²) in [4.78, 5) is 28.5. The molecule has 0 aromatic heterocycles. The summed E-state index contributed by atoms with van der Waals surface area (Å²) < 4.78 is 5.25. The van der Waals surface area contributed by atoms with Crippen LogP contribution in [0, 0.1) is 0 Å². The van der Waals surface area contributed by atoms with Crippen LogP contribution >= 0.6 is 0 Å². The molecule has 0 aliphatic heterocycles. The number of carbonyl (C=O) groups excluding carboxylic acids is 2. The van der Waals surface area contributed by atoms with Crippen molar-refractivity contribution in [2.75, 3.05) is 20.3 Å². The molecule has 3 aromatic rings. The third-order valence-electron chi connectivity index (χ3n) is 5.34. The van der Waals surface area contributed by atoms with E-state index < -0.39 is 6.04 Å². The number of nitrogens with zero attached hydrogens (tertiary/aromatic N) is 1. The fourth-order valence-corrected chi connectivity index (χ4v) is 3.62. The van der Waals surface area contributed by atoms with Crippen LogP contribution in [0.3, 0.4) is 0 Å². The minimum absolute atomic E-state index is 0.0151. The van der Waals surface area contributed by atoms with E-state index in [1.54, 1.807) is 12.0 Å². The number of amides is 2. The average molecular weight is 447 g/mol. The predicted octanol–water partition coefficient (Wildman–Crippen LogP) is 3.51. The van der Waals surface area contributed by atoms with Crippen molar-refractivity contribution in [3.63, 3.8) is 0 Å². The van der Waals surface area contributed by atoms with E-state index in [9.17, 15) is 9.59 Å². The standard InChI is InChI=1S/C27H30N2O4/c1-33-24-15-13-22(14-16-24)20-29(25(31)19-21-9-4-2-5-10-21)26(23-11-6-3-7-12-23)27(32)28-17-8-18-30/h2-7,9-16,26,30H,8,17-20H2,1H3,(H,28,32)/t26-/m1/s1. The van der Waals surface area contributed by atoms with Gasteiger partial charge in [0.25, 0.3) is 0 Å². The van der Waals surface area contributed by atoms with E-state index in [1.165, 1.54) is 0 Å². The average Bonchev–Trinajstić information content (AvgIpc) is 2.85. The van der Waals surface area contributed by atoms with Crippen LogP contribution in [0.4, 0.5) is 0 Å². The molecule has 0 radical (unpaired) electrons. The van der Waals surface area contributed by atoms with Gasteiger partial charge in [-0.05, 0) is 35.2 Å². The summed E-state index contributed by atoms with van der Waals surface area (Å²) in [5.41, 5.74) is 2.50. The molecule has 0 spiro atoms. The van der Waals surface area contributed by atoms with E-state index in [0.29, 0.717) is 13.0 Å². The first-order chi connectivity index (χ1) is 16.1. The van der Waals surface area contributed by atoms with Crippen LogP contribution in [-0.2, 0) is 22.6 Å². The lowest BCUT2D eigenvalue weighted by atomic mass is 10.0. The van der Waals surface area contributed by atoms with Gasteiger partial charge in [-0.1, -0.05) is 72.8 Å². The fraction of sp³-hybridized carbons (Fsp3) is 0.259. The predicted molar refractivity (Wildman–Crippen MR) is 128 cm³/mol. The molecular formula is C27H30N2O4. The Morgan fingerprint density at radius 3 is 2.15 bits per heavy atom. The van der Waals surface area contributed by atoms with Crippen molar-refractivity contribution in [2.45, 2.75) is 25.4 Å². The lowest BCUT2D eigenvalue weighted by Gasteiger charge is -2.32. The van der Waals surface area contributed by atoms with Crippen LogP contribution < -0.4 is 10.1 Å². The van der Waals surface area contributed by atoms with Crippen molar-refractivity contribution >= 4 is 11.8 Å². The van der Waals surface area contributed by atoms with Gasteiger partial charge in [-0.2, -0.15) is 0 Å². The van der Waals surface area contributed by atoms with Gasteiger partial charge < -0.3 is 20.1 Å². The first kappa shape index (κ1) is 24.0. The molecule has 0 fully saturated rings. The second-order valence-electron chi connectivity index (χ2n) is 7.71. The smallest absolute Gasteiger partial charge is 0.247 e. The molecule has 0 aliphatic rings. The molecule has 0 unspecified atom stereocenters. The zero-order valence-electron chi connectivity index (χ0n) is 18.8.